The lowest BCUT2D eigenvalue weighted by Crippen LogP contribution is -2.29. The molecule has 0 saturated carbocycles. The van der Waals surface area contributed by atoms with E-state index in [1.165, 1.54) is 11.3 Å². The highest BCUT2D eigenvalue weighted by Gasteiger charge is 2.18. The number of amides is 1. The van der Waals surface area contributed by atoms with Gasteiger partial charge in [-0.15, -0.1) is 11.3 Å². The number of amidine groups is 1. The summed E-state index contributed by atoms with van der Waals surface area (Å²) in [6, 6.07) is 14.9. The van der Waals surface area contributed by atoms with E-state index in [0.717, 1.165) is 35.6 Å². The molecule has 3 rings (SSSR count). The summed E-state index contributed by atoms with van der Waals surface area (Å²) < 4.78 is 11.6. The number of unbranched alkanes of at least 4 members (excludes halogenated alkanes) is 2. The molecule has 4 N–H and O–H groups in total. The quantitative estimate of drug-likeness (QED) is 0.107. The number of carbonyl (C=O) groups excluding carboxylic acids is 1. The number of para-hydroxylation sites is 1. The Kier molecular flexibility index (Phi) is 9.48. The van der Waals surface area contributed by atoms with Crippen molar-refractivity contribution in [3.05, 3.63) is 64.0 Å². The van der Waals surface area contributed by atoms with Crippen LogP contribution in [0.25, 0.3) is 11.3 Å². The Hall–Kier alpha value is -3.59. The number of benzene rings is 2. The first kappa shape index (κ1) is 26.0. The minimum absolute atomic E-state index is 0.0278. The van der Waals surface area contributed by atoms with Gasteiger partial charge in [0.1, 0.15) is 16.4 Å². The molecule has 0 bridgehead atoms. The molecule has 0 atom stereocenters. The minimum Gasteiger partial charge on any atom is -0.494 e. The fraction of sp³-hybridized carbons (Fsp3) is 0.346. The molecule has 0 saturated heterocycles. The maximum absolute atomic E-state index is 12.5. The molecule has 1 aromatic heterocycles. The van der Waals surface area contributed by atoms with Crippen molar-refractivity contribution in [2.75, 3.05) is 13.2 Å². The number of hydrogen-bond donors (Lipinski definition) is 3. The van der Waals surface area contributed by atoms with Crippen molar-refractivity contribution < 1.29 is 19.5 Å². The summed E-state index contributed by atoms with van der Waals surface area (Å²) in [5.41, 5.74) is 7.84. The number of nitrogens with zero attached hydrogens (tertiary/aromatic N) is 2. The van der Waals surface area contributed by atoms with Gasteiger partial charge in [0.25, 0.3) is 5.91 Å². The van der Waals surface area contributed by atoms with Gasteiger partial charge in [0.05, 0.1) is 29.5 Å². The van der Waals surface area contributed by atoms with E-state index in [-0.39, 0.29) is 17.8 Å². The molecule has 35 heavy (non-hydrogen) atoms. The van der Waals surface area contributed by atoms with Gasteiger partial charge in [-0.25, -0.2) is 4.98 Å². The van der Waals surface area contributed by atoms with Gasteiger partial charge in [-0.05, 0) is 76.4 Å². The standard InChI is InChI=1S/C26H32N4O4S/c1-17(2)28-26(31)24-23(29-18(3)35-24)19-11-13-20(14-12-19)33-15-7-4-8-16-34-22-10-6-5-9-21(22)25(27)30-32/h5-6,9-14,17,32H,4,7-8,15-16H2,1-3H3,(H2,27,30)(H,28,31). The van der Waals surface area contributed by atoms with Gasteiger partial charge in [0.2, 0.25) is 0 Å². The van der Waals surface area contributed by atoms with Gasteiger partial charge in [-0.3, -0.25) is 4.79 Å². The molecule has 0 aliphatic carbocycles. The zero-order chi connectivity index (χ0) is 25.2. The van der Waals surface area contributed by atoms with E-state index in [9.17, 15) is 4.79 Å². The summed E-state index contributed by atoms with van der Waals surface area (Å²) in [7, 11) is 0. The van der Waals surface area contributed by atoms with Gasteiger partial charge >= 0.3 is 0 Å². The van der Waals surface area contributed by atoms with E-state index < -0.39 is 0 Å². The molecule has 186 valence electrons. The zero-order valence-electron chi connectivity index (χ0n) is 20.3. The average Bonchev–Trinajstić information content (AvgIpc) is 3.25. The summed E-state index contributed by atoms with van der Waals surface area (Å²) in [5.74, 6) is 1.30. The van der Waals surface area contributed by atoms with Crippen molar-refractivity contribution in [3.63, 3.8) is 0 Å². The van der Waals surface area contributed by atoms with Crippen molar-refractivity contribution in [1.82, 2.24) is 10.3 Å². The lowest BCUT2D eigenvalue weighted by atomic mass is 10.1. The molecule has 0 aliphatic rings. The molecule has 0 radical (unpaired) electrons. The Balaban J connectivity index is 1.43. The SMILES string of the molecule is Cc1nc(-c2ccc(OCCCCCOc3ccccc3C(N)=NO)cc2)c(C(=O)NC(C)C)s1. The normalized spacial score (nSPS) is 11.5. The molecule has 9 heteroatoms. The Labute approximate surface area is 209 Å². The summed E-state index contributed by atoms with van der Waals surface area (Å²) >= 11 is 1.40. The van der Waals surface area contributed by atoms with Gasteiger partial charge in [-0.1, -0.05) is 17.3 Å². The lowest BCUT2D eigenvalue weighted by Gasteiger charge is -2.11. The average molecular weight is 497 g/mol. The highest BCUT2D eigenvalue weighted by Crippen LogP contribution is 2.29. The first-order valence-electron chi connectivity index (χ1n) is 11.6. The van der Waals surface area contributed by atoms with Crippen LogP contribution in [0.2, 0.25) is 0 Å². The van der Waals surface area contributed by atoms with Crippen LogP contribution in [0.15, 0.2) is 53.7 Å². The number of carbonyl (C=O) groups is 1. The fourth-order valence-electron chi connectivity index (χ4n) is 3.42. The van der Waals surface area contributed by atoms with Crippen LogP contribution >= 0.6 is 11.3 Å². The van der Waals surface area contributed by atoms with E-state index in [4.69, 9.17) is 20.4 Å². The molecular formula is C26H32N4O4S. The molecule has 0 unspecified atom stereocenters. The number of ether oxygens (including phenoxy) is 2. The summed E-state index contributed by atoms with van der Waals surface area (Å²) in [6.07, 6.45) is 2.69. The van der Waals surface area contributed by atoms with Crippen LogP contribution in [0.5, 0.6) is 11.5 Å². The third kappa shape index (κ3) is 7.45. The van der Waals surface area contributed by atoms with Crippen molar-refractivity contribution in [3.8, 4) is 22.8 Å². The highest BCUT2D eigenvalue weighted by atomic mass is 32.1. The van der Waals surface area contributed by atoms with E-state index in [1.807, 2.05) is 57.2 Å². The number of oxime groups is 1. The third-order valence-electron chi connectivity index (χ3n) is 5.07. The number of nitrogens with two attached hydrogens (primary N) is 1. The number of nitrogens with one attached hydrogen (secondary N) is 1. The van der Waals surface area contributed by atoms with Crippen molar-refractivity contribution in [2.24, 2.45) is 10.9 Å². The topological polar surface area (TPSA) is 119 Å². The first-order valence-corrected chi connectivity index (χ1v) is 12.4. The number of hydrogen-bond acceptors (Lipinski definition) is 7. The molecule has 1 heterocycles. The molecule has 0 aliphatic heterocycles. The second-order valence-corrected chi connectivity index (χ2v) is 9.51. The predicted molar refractivity (Wildman–Crippen MR) is 139 cm³/mol. The third-order valence-corrected chi connectivity index (χ3v) is 6.04. The van der Waals surface area contributed by atoms with Gasteiger partial charge in [0.15, 0.2) is 5.84 Å². The molecule has 0 spiro atoms. The Bertz CT molecular complexity index is 1140. The Morgan fingerprint density at radius 2 is 1.77 bits per heavy atom. The summed E-state index contributed by atoms with van der Waals surface area (Å²) in [6.45, 7) is 6.91. The van der Waals surface area contributed by atoms with Crippen molar-refractivity contribution >= 4 is 23.1 Å². The van der Waals surface area contributed by atoms with Crippen molar-refractivity contribution in [1.29, 1.82) is 0 Å². The van der Waals surface area contributed by atoms with E-state index in [2.05, 4.69) is 15.5 Å². The largest absolute Gasteiger partial charge is 0.494 e. The van der Waals surface area contributed by atoms with E-state index in [1.54, 1.807) is 12.1 Å². The molecule has 1 amide bonds. The van der Waals surface area contributed by atoms with Gasteiger partial charge in [0, 0.05) is 11.6 Å². The zero-order valence-corrected chi connectivity index (χ0v) is 21.1. The molecule has 8 nitrogen and oxygen atoms in total. The number of aromatic nitrogens is 1. The predicted octanol–water partition coefficient (Wildman–Crippen LogP) is 4.98. The number of aryl methyl sites for hydroxylation is 1. The second kappa shape index (κ2) is 12.8. The van der Waals surface area contributed by atoms with Crippen LogP contribution in [0, 0.1) is 6.92 Å². The number of thiazole rings is 1. The second-order valence-electron chi connectivity index (χ2n) is 8.30. The van der Waals surface area contributed by atoms with Gasteiger partial charge < -0.3 is 25.7 Å². The minimum atomic E-state index is -0.0987. The Morgan fingerprint density at radius 3 is 2.46 bits per heavy atom. The van der Waals surface area contributed by atoms with Crippen LogP contribution in [-0.2, 0) is 0 Å². The van der Waals surface area contributed by atoms with Crippen LogP contribution in [0.3, 0.4) is 0 Å². The lowest BCUT2D eigenvalue weighted by molar-refractivity contribution is 0.0947. The van der Waals surface area contributed by atoms with Gasteiger partial charge in [-0.2, -0.15) is 0 Å². The maximum atomic E-state index is 12.5. The molecular weight excluding hydrogens is 464 g/mol. The molecule has 2 aromatic carbocycles. The first-order chi connectivity index (χ1) is 16.9. The molecule has 3 aromatic rings. The maximum Gasteiger partial charge on any atom is 0.263 e. The van der Waals surface area contributed by atoms with Crippen LogP contribution in [-0.4, -0.2) is 41.2 Å². The van der Waals surface area contributed by atoms with E-state index >= 15 is 0 Å². The Morgan fingerprint density at radius 1 is 1.09 bits per heavy atom. The van der Waals surface area contributed by atoms with E-state index in [0.29, 0.717) is 35.1 Å². The van der Waals surface area contributed by atoms with Crippen LogP contribution in [0.4, 0.5) is 0 Å². The summed E-state index contributed by atoms with van der Waals surface area (Å²) in [5, 5.41) is 15.7. The fourth-order valence-corrected chi connectivity index (χ4v) is 4.27. The van der Waals surface area contributed by atoms with Crippen LogP contribution in [0.1, 0.15) is 53.4 Å². The monoisotopic (exact) mass is 496 g/mol. The smallest absolute Gasteiger partial charge is 0.263 e. The number of rotatable bonds is 12. The summed E-state index contributed by atoms with van der Waals surface area (Å²) in [4.78, 5) is 17.7. The van der Waals surface area contributed by atoms with Crippen molar-refractivity contribution in [2.45, 2.75) is 46.1 Å². The highest BCUT2D eigenvalue weighted by molar-refractivity contribution is 7.14. The molecule has 0 fully saturated rings. The van der Waals surface area contributed by atoms with Crippen LogP contribution < -0.4 is 20.5 Å².